The Bertz CT molecular complexity index is 775. The van der Waals surface area contributed by atoms with Crippen molar-refractivity contribution in [2.45, 2.75) is 6.42 Å². The Morgan fingerprint density at radius 2 is 1.43 bits per heavy atom. The normalized spacial score (nSPS) is 14.3. The van der Waals surface area contributed by atoms with E-state index in [4.69, 9.17) is 26.4 Å². The van der Waals surface area contributed by atoms with Crippen molar-refractivity contribution in [1.29, 1.82) is 0 Å². The fraction of sp³-hybridized carbons (Fsp3) is 0.435. The largest absolute Gasteiger partial charge is 0.497 e. The molecule has 2 aromatic carbocycles. The molecule has 6 nitrogen and oxygen atoms in total. The summed E-state index contributed by atoms with van der Waals surface area (Å²) in [4.78, 5) is 4.67. The van der Waals surface area contributed by atoms with E-state index >= 15 is 0 Å². The molecule has 1 aliphatic rings. The molecule has 0 unspecified atom stereocenters. The topological polar surface area (TPSA) is 46.2 Å². The number of rotatable bonds is 9. The molecule has 1 N–H and O–H groups in total. The van der Waals surface area contributed by atoms with Crippen molar-refractivity contribution in [2.24, 2.45) is 0 Å². The summed E-state index contributed by atoms with van der Waals surface area (Å²) >= 11 is 5.58. The number of thiocarbonyl (C=S) groups is 1. The number of hydrogen-bond donors (Lipinski definition) is 1. The van der Waals surface area contributed by atoms with Gasteiger partial charge in [-0.25, -0.2) is 0 Å². The molecule has 0 aliphatic carbocycles. The average Bonchev–Trinajstić information content (AvgIpc) is 2.80. The molecule has 0 bridgehead atoms. The van der Waals surface area contributed by atoms with Crippen LogP contribution in [0.1, 0.15) is 5.56 Å². The summed E-state index contributed by atoms with van der Waals surface area (Å²) < 4.78 is 16.2. The van der Waals surface area contributed by atoms with Gasteiger partial charge in [-0.3, -0.25) is 4.90 Å². The van der Waals surface area contributed by atoms with Gasteiger partial charge in [0.1, 0.15) is 23.9 Å². The van der Waals surface area contributed by atoms with Crippen LogP contribution in [0.5, 0.6) is 17.2 Å². The van der Waals surface area contributed by atoms with Crippen LogP contribution in [0.3, 0.4) is 0 Å². The summed E-state index contributed by atoms with van der Waals surface area (Å²) in [5, 5.41) is 4.24. The predicted octanol–water partition coefficient (Wildman–Crippen LogP) is 2.82. The number of piperazine rings is 1. The van der Waals surface area contributed by atoms with E-state index in [1.165, 1.54) is 5.56 Å². The van der Waals surface area contributed by atoms with Crippen molar-refractivity contribution in [1.82, 2.24) is 15.1 Å². The van der Waals surface area contributed by atoms with E-state index in [9.17, 15) is 0 Å². The van der Waals surface area contributed by atoms with Crippen molar-refractivity contribution < 1.29 is 14.2 Å². The monoisotopic (exact) mass is 429 g/mol. The van der Waals surface area contributed by atoms with Crippen molar-refractivity contribution in [2.75, 3.05) is 60.1 Å². The zero-order chi connectivity index (χ0) is 21.2. The molecule has 30 heavy (non-hydrogen) atoms. The summed E-state index contributed by atoms with van der Waals surface area (Å²) in [6, 6.07) is 15.9. The molecular weight excluding hydrogens is 398 g/mol. The van der Waals surface area contributed by atoms with Crippen LogP contribution in [0.25, 0.3) is 0 Å². The minimum Gasteiger partial charge on any atom is -0.497 e. The van der Waals surface area contributed by atoms with Gasteiger partial charge in [-0.1, -0.05) is 12.1 Å². The second-order valence-corrected chi connectivity index (χ2v) is 7.57. The molecule has 3 rings (SSSR count). The molecule has 1 aliphatic heterocycles. The van der Waals surface area contributed by atoms with Crippen molar-refractivity contribution in [3.63, 3.8) is 0 Å². The number of methoxy groups -OCH3 is 2. The third-order valence-corrected chi connectivity index (χ3v) is 5.65. The second kappa shape index (κ2) is 11.6. The van der Waals surface area contributed by atoms with E-state index in [-0.39, 0.29) is 0 Å². The third-order valence-electron chi connectivity index (χ3n) is 5.24. The van der Waals surface area contributed by atoms with Crippen LogP contribution in [0.2, 0.25) is 0 Å². The Kier molecular flexibility index (Phi) is 8.59. The SMILES string of the molecule is COc1ccc(CCNC(=S)N2CCN(CCOc3ccc(OC)cc3)CC2)cc1. The maximum atomic E-state index is 5.84. The van der Waals surface area contributed by atoms with Gasteiger partial charge >= 0.3 is 0 Å². The molecule has 0 saturated carbocycles. The van der Waals surface area contributed by atoms with Crippen LogP contribution < -0.4 is 19.5 Å². The van der Waals surface area contributed by atoms with Crippen LogP contribution in [0, 0.1) is 0 Å². The first kappa shape index (κ1) is 22.2. The van der Waals surface area contributed by atoms with Crippen LogP contribution in [-0.2, 0) is 6.42 Å². The minimum atomic E-state index is 0.677. The summed E-state index contributed by atoms with van der Waals surface area (Å²) in [6.45, 7) is 6.29. The van der Waals surface area contributed by atoms with Crippen LogP contribution >= 0.6 is 12.2 Å². The third kappa shape index (κ3) is 6.78. The van der Waals surface area contributed by atoms with E-state index < -0.39 is 0 Å². The van der Waals surface area contributed by atoms with Crippen molar-refractivity contribution in [3.05, 3.63) is 54.1 Å². The summed E-state index contributed by atoms with van der Waals surface area (Å²) in [5.74, 6) is 2.60. The van der Waals surface area contributed by atoms with Gasteiger partial charge in [0.2, 0.25) is 0 Å². The van der Waals surface area contributed by atoms with E-state index in [0.29, 0.717) is 6.61 Å². The highest BCUT2D eigenvalue weighted by molar-refractivity contribution is 7.80. The maximum Gasteiger partial charge on any atom is 0.169 e. The maximum absolute atomic E-state index is 5.84. The number of nitrogens with one attached hydrogen (secondary N) is 1. The molecule has 0 spiro atoms. The molecule has 0 amide bonds. The predicted molar refractivity (Wildman–Crippen MR) is 124 cm³/mol. The number of hydrogen-bond acceptors (Lipinski definition) is 5. The van der Waals surface area contributed by atoms with E-state index in [1.807, 2.05) is 36.4 Å². The molecule has 1 saturated heterocycles. The van der Waals surface area contributed by atoms with Gasteiger partial charge in [0.25, 0.3) is 0 Å². The Hall–Kier alpha value is -2.51. The molecule has 0 atom stereocenters. The Morgan fingerprint density at radius 1 is 0.867 bits per heavy atom. The molecule has 1 fully saturated rings. The Labute approximate surface area is 184 Å². The second-order valence-electron chi connectivity index (χ2n) is 7.18. The highest BCUT2D eigenvalue weighted by atomic mass is 32.1. The van der Waals surface area contributed by atoms with Gasteiger partial charge in [0.15, 0.2) is 5.11 Å². The van der Waals surface area contributed by atoms with Crippen LogP contribution in [0.15, 0.2) is 48.5 Å². The molecule has 2 aromatic rings. The zero-order valence-electron chi connectivity index (χ0n) is 17.8. The zero-order valence-corrected chi connectivity index (χ0v) is 18.6. The van der Waals surface area contributed by atoms with Gasteiger partial charge in [0.05, 0.1) is 14.2 Å². The first-order valence-electron chi connectivity index (χ1n) is 10.3. The number of benzene rings is 2. The smallest absolute Gasteiger partial charge is 0.169 e. The molecule has 0 radical (unpaired) electrons. The fourth-order valence-electron chi connectivity index (χ4n) is 3.36. The van der Waals surface area contributed by atoms with Crippen LogP contribution in [-0.4, -0.2) is 75.0 Å². The van der Waals surface area contributed by atoms with E-state index in [0.717, 1.165) is 68.1 Å². The van der Waals surface area contributed by atoms with E-state index in [1.54, 1.807) is 14.2 Å². The van der Waals surface area contributed by atoms with E-state index in [2.05, 4.69) is 27.2 Å². The Morgan fingerprint density at radius 3 is 2.03 bits per heavy atom. The first-order valence-corrected chi connectivity index (χ1v) is 10.7. The molecule has 7 heteroatoms. The van der Waals surface area contributed by atoms with Gasteiger partial charge in [-0.15, -0.1) is 0 Å². The minimum absolute atomic E-state index is 0.677. The lowest BCUT2D eigenvalue weighted by atomic mass is 10.1. The molecular formula is C23H31N3O3S. The fourth-order valence-corrected chi connectivity index (χ4v) is 3.64. The first-order chi connectivity index (χ1) is 14.7. The van der Waals surface area contributed by atoms with Crippen LogP contribution in [0.4, 0.5) is 0 Å². The van der Waals surface area contributed by atoms with Gasteiger partial charge < -0.3 is 24.4 Å². The summed E-state index contributed by atoms with van der Waals surface area (Å²) in [6.07, 6.45) is 0.937. The number of ether oxygens (including phenoxy) is 3. The highest BCUT2D eigenvalue weighted by Gasteiger charge is 2.18. The summed E-state index contributed by atoms with van der Waals surface area (Å²) in [5.41, 5.74) is 1.27. The summed E-state index contributed by atoms with van der Waals surface area (Å²) in [7, 11) is 3.35. The highest BCUT2D eigenvalue weighted by Crippen LogP contribution is 2.17. The standard InChI is InChI=1S/C23H31N3O3S/c1-27-20-5-3-19(4-6-20)11-12-24-23(30)26-15-13-25(14-16-26)17-18-29-22-9-7-21(28-2)8-10-22/h3-10H,11-18H2,1-2H3,(H,24,30). The average molecular weight is 430 g/mol. The lowest BCUT2D eigenvalue weighted by molar-refractivity contribution is 0.153. The van der Waals surface area contributed by atoms with Gasteiger partial charge in [-0.2, -0.15) is 0 Å². The molecule has 162 valence electrons. The lowest BCUT2D eigenvalue weighted by Crippen LogP contribution is -2.52. The molecule has 1 heterocycles. The van der Waals surface area contributed by atoms with Crippen molar-refractivity contribution in [3.8, 4) is 17.2 Å². The quantitative estimate of drug-likeness (QED) is 0.615. The van der Waals surface area contributed by atoms with Crippen molar-refractivity contribution >= 4 is 17.3 Å². The number of nitrogens with zero attached hydrogens (tertiary/aromatic N) is 2. The van der Waals surface area contributed by atoms with Gasteiger partial charge in [-0.05, 0) is 60.6 Å². The Balaban J connectivity index is 1.29. The van der Waals surface area contributed by atoms with Gasteiger partial charge in [0, 0.05) is 39.3 Å². The lowest BCUT2D eigenvalue weighted by Gasteiger charge is -2.36. The molecule has 0 aromatic heterocycles.